The highest BCUT2D eigenvalue weighted by molar-refractivity contribution is 5.40. The smallest absolute Gasteiger partial charge is 0.323 e. The summed E-state index contributed by atoms with van der Waals surface area (Å²) in [5.74, 6) is 7.29. The van der Waals surface area contributed by atoms with Crippen LogP contribution in [0.1, 0.15) is 46.0 Å². The van der Waals surface area contributed by atoms with Crippen LogP contribution < -0.4 is 20.9 Å². The van der Waals surface area contributed by atoms with E-state index in [-0.39, 0.29) is 6.10 Å². The number of hydrogen-bond acceptors (Lipinski definition) is 7. The van der Waals surface area contributed by atoms with Crippen LogP contribution in [0.15, 0.2) is 0 Å². The first-order valence-electron chi connectivity index (χ1n) is 7.83. The van der Waals surface area contributed by atoms with Gasteiger partial charge in [-0.25, -0.2) is 5.84 Å². The molecule has 1 saturated carbocycles. The van der Waals surface area contributed by atoms with E-state index in [2.05, 4.69) is 25.3 Å². The Balaban J connectivity index is 1.86. The second kappa shape index (κ2) is 6.01. The number of nitrogen functional groups attached to an aromatic ring is 1. The SMILES string of the molecule is CC(C)Oc1nc(NN)nc(N2CCC3CCCCC32)n1. The van der Waals surface area contributed by atoms with Gasteiger partial charge in [0.2, 0.25) is 11.9 Å². The third-order valence-corrected chi connectivity index (χ3v) is 4.34. The Labute approximate surface area is 125 Å². The van der Waals surface area contributed by atoms with Crippen LogP contribution in [-0.2, 0) is 0 Å². The highest BCUT2D eigenvalue weighted by Gasteiger charge is 2.37. The molecule has 2 fully saturated rings. The zero-order chi connectivity index (χ0) is 14.8. The van der Waals surface area contributed by atoms with E-state index in [0.29, 0.717) is 23.9 Å². The summed E-state index contributed by atoms with van der Waals surface area (Å²) in [6.45, 7) is 4.91. The average Bonchev–Trinajstić information content (AvgIpc) is 2.90. The maximum absolute atomic E-state index is 5.61. The lowest BCUT2D eigenvalue weighted by Gasteiger charge is -2.31. The Hall–Kier alpha value is -1.63. The third kappa shape index (κ3) is 3.02. The Bertz CT molecular complexity index is 494. The van der Waals surface area contributed by atoms with Gasteiger partial charge in [0.15, 0.2) is 0 Å². The van der Waals surface area contributed by atoms with Crippen LogP contribution >= 0.6 is 0 Å². The molecule has 1 saturated heterocycles. The van der Waals surface area contributed by atoms with Crippen molar-refractivity contribution in [1.82, 2.24) is 15.0 Å². The number of anilines is 2. The molecule has 2 atom stereocenters. The van der Waals surface area contributed by atoms with E-state index >= 15 is 0 Å². The van der Waals surface area contributed by atoms with Crippen molar-refractivity contribution in [3.05, 3.63) is 0 Å². The van der Waals surface area contributed by atoms with E-state index < -0.39 is 0 Å². The Morgan fingerprint density at radius 2 is 2.00 bits per heavy atom. The van der Waals surface area contributed by atoms with Crippen LogP contribution in [0.3, 0.4) is 0 Å². The largest absolute Gasteiger partial charge is 0.461 e. The Morgan fingerprint density at radius 3 is 2.76 bits per heavy atom. The molecular formula is C14H24N6O. The molecule has 1 aliphatic heterocycles. The zero-order valence-corrected chi connectivity index (χ0v) is 12.7. The minimum absolute atomic E-state index is 0.0203. The third-order valence-electron chi connectivity index (χ3n) is 4.34. The summed E-state index contributed by atoms with van der Waals surface area (Å²) in [5.41, 5.74) is 2.51. The van der Waals surface area contributed by atoms with Gasteiger partial charge in [0.25, 0.3) is 0 Å². The highest BCUT2D eigenvalue weighted by atomic mass is 16.5. The molecule has 21 heavy (non-hydrogen) atoms. The number of nitrogens with two attached hydrogens (primary N) is 1. The van der Waals surface area contributed by atoms with Crippen LogP contribution in [0.4, 0.5) is 11.9 Å². The van der Waals surface area contributed by atoms with Gasteiger partial charge in [0.05, 0.1) is 6.10 Å². The van der Waals surface area contributed by atoms with E-state index in [1.807, 2.05) is 13.8 Å². The summed E-state index contributed by atoms with van der Waals surface area (Å²) >= 11 is 0. The van der Waals surface area contributed by atoms with Crippen LogP contribution in [-0.4, -0.2) is 33.6 Å². The van der Waals surface area contributed by atoms with Gasteiger partial charge in [0.1, 0.15) is 0 Å². The summed E-state index contributed by atoms with van der Waals surface area (Å²) in [4.78, 5) is 15.4. The number of fused-ring (bicyclic) bond motifs is 1. The predicted molar refractivity (Wildman–Crippen MR) is 81.1 cm³/mol. The standard InChI is InChI=1S/C14H24N6O/c1-9(2)21-14-17-12(19-15)16-13(18-14)20-8-7-10-5-3-4-6-11(10)20/h9-11H,3-8,15H2,1-2H3,(H,16,17,18,19). The number of rotatable bonds is 4. The molecule has 116 valence electrons. The molecule has 0 amide bonds. The van der Waals surface area contributed by atoms with Gasteiger partial charge in [0, 0.05) is 12.6 Å². The summed E-state index contributed by atoms with van der Waals surface area (Å²) in [7, 11) is 0. The van der Waals surface area contributed by atoms with Crippen molar-refractivity contribution in [1.29, 1.82) is 0 Å². The molecule has 0 radical (unpaired) electrons. The fourth-order valence-electron chi connectivity index (χ4n) is 3.46. The van der Waals surface area contributed by atoms with Crippen molar-refractivity contribution in [3.8, 4) is 6.01 Å². The normalized spacial score (nSPS) is 25.0. The van der Waals surface area contributed by atoms with Crippen LogP contribution in [0.2, 0.25) is 0 Å². The lowest BCUT2D eigenvalue weighted by molar-refractivity contribution is 0.221. The molecule has 2 heterocycles. The van der Waals surface area contributed by atoms with Gasteiger partial charge in [-0.2, -0.15) is 15.0 Å². The van der Waals surface area contributed by atoms with E-state index in [0.717, 1.165) is 12.5 Å². The van der Waals surface area contributed by atoms with E-state index in [9.17, 15) is 0 Å². The van der Waals surface area contributed by atoms with Crippen molar-refractivity contribution in [3.63, 3.8) is 0 Å². The topological polar surface area (TPSA) is 89.2 Å². The van der Waals surface area contributed by atoms with Gasteiger partial charge in [-0.05, 0) is 39.0 Å². The number of hydrazine groups is 1. The van der Waals surface area contributed by atoms with E-state index in [4.69, 9.17) is 10.6 Å². The quantitative estimate of drug-likeness (QED) is 0.645. The minimum atomic E-state index is 0.0203. The molecular weight excluding hydrogens is 268 g/mol. The first kappa shape index (κ1) is 14.3. The fraction of sp³-hybridized carbons (Fsp3) is 0.786. The first-order valence-corrected chi connectivity index (χ1v) is 7.83. The molecule has 7 nitrogen and oxygen atoms in total. The van der Waals surface area contributed by atoms with Gasteiger partial charge in [-0.1, -0.05) is 12.8 Å². The van der Waals surface area contributed by atoms with Gasteiger partial charge >= 0.3 is 6.01 Å². The molecule has 0 aromatic carbocycles. The monoisotopic (exact) mass is 292 g/mol. The Morgan fingerprint density at radius 1 is 1.19 bits per heavy atom. The lowest BCUT2D eigenvalue weighted by atomic mass is 9.85. The Kier molecular flexibility index (Phi) is 4.10. The maximum Gasteiger partial charge on any atom is 0.323 e. The molecule has 2 unspecified atom stereocenters. The number of nitrogens with one attached hydrogen (secondary N) is 1. The molecule has 0 spiro atoms. The van der Waals surface area contributed by atoms with Crippen molar-refractivity contribution in [2.24, 2.45) is 11.8 Å². The van der Waals surface area contributed by atoms with Gasteiger partial charge < -0.3 is 9.64 Å². The predicted octanol–water partition coefficient (Wildman–Crippen LogP) is 1.71. The average molecular weight is 292 g/mol. The van der Waals surface area contributed by atoms with Crippen LogP contribution in [0.5, 0.6) is 6.01 Å². The van der Waals surface area contributed by atoms with Crippen molar-refractivity contribution in [2.45, 2.75) is 58.1 Å². The van der Waals surface area contributed by atoms with Crippen molar-refractivity contribution in [2.75, 3.05) is 16.9 Å². The zero-order valence-electron chi connectivity index (χ0n) is 12.7. The second-order valence-corrected chi connectivity index (χ2v) is 6.15. The molecule has 0 bridgehead atoms. The van der Waals surface area contributed by atoms with Crippen molar-refractivity contribution >= 4 is 11.9 Å². The molecule has 1 aromatic rings. The molecule has 3 rings (SSSR count). The second-order valence-electron chi connectivity index (χ2n) is 6.15. The van der Waals surface area contributed by atoms with E-state index in [1.165, 1.54) is 32.1 Å². The summed E-state index contributed by atoms with van der Waals surface area (Å²) < 4.78 is 5.61. The molecule has 1 aromatic heterocycles. The number of ether oxygens (including phenoxy) is 1. The molecule has 7 heteroatoms. The van der Waals surface area contributed by atoms with Crippen LogP contribution in [0.25, 0.3) is 0 Å². The molecule has 3 N–H and O–H groups in total. The molecule has 2 aliphatic rings. The lowest BCUT2D eigenvalue weighted by Crippen LogP contribution is -2.36. The van der Waals surface area contributed by atoms with Crippen LogP contribution in [0, 0.1) is 5.92 Å². The molecule has 1 aliphatic carbocycles. The first-order chi connectivity index (χ1) is 10.2. The van der Waals surface area contributed by atoms with Crippen molar-refractivity contribution < 1.29 is 4.74 Å². The van der Waals surface area contributed by atoms with Gasteiger partial charge in [-0.3, -0.25) is 5.43 Å². The minimum Gasteiger partial charge on any atom is -0.461 e. The summed E-state index contributed by atoms with van der Waals surface area (Å²) in [6.07, 6.45) is 6.43. The summed E-state index contributed by atoms with van der Waals surface area (Å²) in [6, 6.07) is 0.890. The van der Waals surface area contributed by atoms with E-state index in [1.54, 1.807) is 0 Å². The fourth-order valence-corrected chi connectivity index (χ4v) is 3.46. The maximum atomic E-state index is 5.61. The number of hydrogen-bond donors (Lipinski definition) is 2. The summed E-state index contributed by atoms with van der Waals surface area (Å²) in [5, 5.41) is 0. The highest BCUT2D eigenvalue weighted by Crippen LogP contribution is 2.38. The number of nitrogens with zero attached hydrogens (tertiary/aromatic N) is 4. The van der Waals surface area contributed by atoms with Gasteiger partial charge in [-0.15, -0.1) is 0 Å². The number of aromatic nitrogens is 3.